The number of methoxy groups -OCH3 is 1. The second-order valence-electron chi connectivity index (χ2n) is 4.40. The van der Waals surface area contributed by atoms with Crippen molar-refractivity contribution in [1.82, 2.24) is 15.1 Å². The standard InChI is InChI=1S/C15H13N3O3/c1-20-13-5-3-2-4-10(13)8-14-17-15(21-18-14)11-6-7-16-9-12(11)19/h2-7,9,19H,8H2,1H3. The predicted octanol–water partition coefficient (Wildman–Crippen LogP) is 2.44. The summed E-state index contributed by atoms with van der Waals surface area (Å²) in [7, 11) is 1.62. The summed E-state index contributed by atoms with van der Waals surface area (Å²) in [6.45, 7) is 0. The van der Waals surface area contributed by atoms with Crippen LogP contribution in [0.25, 0.3) is 11.5 Å². The van der Waals surface area contributed by atoms with Gasteiger partial charge in [0.1, 0.15) is 11.5 Å². The van der Waals surface area contributed by atoms with Crippen LogP contribution in [0.1, 0.15) is 11.4 Å². The summed E-state index contributed by atoms with van der Waals surface area (Å²) in [6.07, 6.45) is 3.37. The third-order valence-corrected chi connectivity index (χ3v) is 3.04. The Morgan fingerprint density at radius 1 is 1.24 bits per heavy atom. The Bertz CT molecular complexity index is 755. The first-order chi connectivity index (χ1) is 10.3. The van der Waals surface area contributed by atoms with Crippen molar-refractivity contribution in [1.29, 1.82) is 0 Å². The summed E-state index contributed by atoms with van der Waals surface area (Å²) in [6, 6.07) is 9.27. The number of rotatable bonds is 4. The van der Waals surface area contributed by atoms with Crippen molar-refractivity contribution in [2.75, 3.05) is 7.11 Å². The molecule has 0 bridgehead atoms. The van der Waals surface area contributed by atoms with Crippen molar-refractivity contribution in [3.8, 4) is 23.0 Å². The normalized spacial score (nSPS) is 10.5. The fourth-order valence-electron chi connectivity index (χ4n) is 2.02. The SMILES string of the molecule is COc1ccccc1Cc1noc(-c2ccncc2O)n1. The highest BCUT2D eigenvalue weighted by Gasteiger charge is 2.14. The first kappa shape index (κ1) is 13.1. The zero-order valence-electron chi connectivity index (χ0n) is 11.4. The van der Waals surface area contributed by atoms with E-state index in [4.69, 9.17) is 9.26 Å². The summed E-state index contributed by atoms with van der Waals surface area (Å²) < 4.78 is 10.5. The molecule has 0 fully saturated rings. The minimum Gasteiger partial charge on any atom is -0.505 e. The van der Waals surface area contributed by atoms with E-state index < -0.39 is 0 Å². The summed E-state index contributed by atoms with van der Waals surface area (Å²) >= 11 is 0. The summed E-state index contributed by atoms with van der Waals surface area (Å²) in [5.41, 5.74) is 1.43. The van der Waals surface area contributed by atoms with Gasteiger partial charge in [-0.25, -0.2) is 0 Å². The highest BCUT2D eigenvalue weighted by Crippen LogP contribution is 2.27. The molecule has 0 amide bonds. The van der Waals surface area contributed by atoms with Crippen LogP contribution in [0.15, 0.2) is 47.2 Å². The number of ether oxygens (including phenoxy) is 1. The van der Waals surface area contributed by atoms with Gasteiger partial charge < -0.3 is 14.4 Å². The molecule has 6 nitrogen and oxygen atoms in total. The zero-order valence-corrected chi connectivity index (χ0v) is 11.4. The first-order valence-corrected chi connectivity index (χ1v) is 6.36. The first-order valence-electron chi connectivity index (χ1n) is 6.36. The molecule has 0 saturated carbocycles. The minimum atomic E-state index is 0.00462. The molecule has 21 heavy (non-hydrogen) atoms. The van der Waals surface area contributed by atoms with Crippen LogP contribution in [0.3, 0.4) is 0 Å². The van der Waals surface area contributed by atoms with Gasteiger partial charge >= 0.3 is 0 Å². The number of aromatic nitrogens is 3. The maximum atomic E-state index is 9.73. The molecular weight excluding hydrogens is 270 g/mol. The molecule has 6 heteroatoms. The molecule has 1 aromatic carbocycles. The Morgan fingerprint density at radius 3 is 2.90 bits per heavy atom. The Morgan fingerprint density at radius 2 is 2.10 bits per heavy atom. The molecule has 2 aromatic heterocycles. The average Bonchev–Trinajstić information content (AvgIpc) is 2.96. The molecule has 0 aliphatic heterocycles. The van der Waals surface area contributed by atoms with E-state index in [2.05, 4.69) is 15.1 Å². The maximum absolute atomic E-state index is 9.73. The predicted molar refractivity (Wildman–Crippen MR) is 75.0 cm³/mol. The van der Waals surface area contributed by atoms with E-state index in [9.17, 15) is 5.11 Å². The van der Waals surface area contributed by atoms with E-state index >= 15 is 0 Å². The van der Waals surface area contributed by atoms with Crippen molar-refractivity contribution >= 4 is 0 Å². The van der Waals surface area contributed by atoms with E-state index in [0.29, 0.717) is 17.8 Å². The van der Waals surface area contributed by atoms with Crippen LogP contribution in [0.5, 0.6) is 11.5 Å². The third-order valence-electron chi connectivity index (χ3n) is 3.04. The lowest BCUT2D eigenvalue weighted by molar-refractivity contribution is 0.407. The van der Waals surface area contributed by atoms with Gasteiger partial charge in [0.2, 0.25) is 0 Å². The number of hydrogen-bond donors (Lipinski definition) is 1. The molecule has 106 valence electrons. The van der Waals surface area contributed by atoms with Crippen LogP contribution in [-0.2, 0) is 6.42 Å². The van der Waals surface area contributed by atoms with Crippen LogP contribution in [0.2, 0.25) is 0 Å². The zero-order chi connectivity index (χ0) is 14.7. The minimum absolute atomic E-state index is 0.00462. The lowest BCUT2D eigenvalue weighted by atomic mass is 10.1. The number of aromatic hydroxyl groups is 1. The van der Waals surface area contributed by atoms with Gasteiger partial charge in [-0.1, -0.05) is 23.4 Å². The lowest BCUT2D eigenvalue weighted by Crippen LogP contribution is -1.95. The molecule has 3 rings (SSSR count). The lowest BCUT2D eigenvalue weighted by Gasteiger charge is -2.05. The van der Waals surface area contributed by atoms with Crippen molar-refractivity contribution in [2.24, 2.45) is 0 Å². The van der Waals surface area contributed by atoms with Crippen LogP contribution in [-0.4, -0.2) is 27.3 Å². The maximum Gasteiger partial charge on any atom is 0.261 e. The summed E-state index contributed by atoms with van der Waals surface area (Å²) in [5, 5.41) is 13.7. The highest BCUT2D eigenvalue weighted by molar-refractivity contribution is 5.60. The number of pyridine rings is 1. The second kappa shape index (κ2) is 5.62. The molecular formula is C15H13N3O3. The van der Waals surface area contributed by atoms with Gasteiger partial charge in [-0.2, -0.15) is 4.98 Å². The smallest absolute Gasteiger partial charge is 0.261 e. The Balaban J connectivity index is 1.87. The third kappa shape index (κ3) is 2.69. The molecule has 0 saturated heterocycles. The Hall–Kier alpha value is -2.89. The Labute approximate surface area is 121 Å². The van der Waals surface area contributed by atoms with Crippen molar-refractivity contribution < 1.29 is 14.4 Å². The van der Waals surface area contributed by atoms with Gasteiger partial charge in [-0.15, -0.1) is 0 Å². The number of para-hydroxylation sites is 1. The van der Waals surface area contributed by atoms with E-state index in [-0.39, 0.29) is 11.6 Å². The van der Waals surface area contributed by atoms with Crippen LogP contribution >= 0.6 is 0 Å². The van der Waals surface area contributed by atoms with E-state index in [1.807, 2.05) is 24.3 Å². The molecule has 2 heterocycles. The molecule has 0 unspecified atom stereocenters. The van der Waals surface area contributed by atoms with Crippen LogP contribution < -0.4 is 4.74 Å². The van der Waals surface area contributed by atoms with Crippen molar-refractivity contribution in [3.05, 3.63) is 54.1 Å². The van der Waals surface area contributed by atoms with Crippen LogP contribution in [0.4, 0.5) is 0 Å². The van der Waals surface area contributed by atoms with Gasteiger partial charge in [-0.05, 0) is 12.1 Å². The van der Waals surface area contributed by atoms with Crippen molar-refractivity contribution in [2.45, 2.75) is 6.42 Å². The molecule has 1 N–H and O–H groups in total. The van der Waals surface area contributed by atoms with E-state index in [0.717, 1.165) is 11.3 Å². The molecule has 0 radical (unpaired) electrons. The topological polar surface area (TPSA) is 81.3 Å². The summed E-state index contributed by atoms with van der Waals surface area (Å²) in [5.74, 6) is 1.56. The van der Waals surface area contributed by atoms with Gasteiger partial charge in [0.05, 0.1) is 18.9 Å². The van der Waals surface area contributed by atoms with Crippen LogP contribution in [0, 0.1) is 0 Å². The molecule has 0 spiro atoms. The molecule has 0 aliphatic rings. The van der Waals surface area contributed by atoms with E-state index in [1.165, 1.54) is 6.20 Å². The molecule has 0 atom stereocenters. The summed E-state index contributed by atoms with van der Waals surface area (Å²) in [4.78, 5) is 8.10. The van der Waals surface area contributed by atoms with E-state index in [1.54, 1.807) is 19.4 Å². The van der Waals surface area contributed by atoms with Gasteiger partial charge in [0.25, 0.3) is 5.89 Å². The number of benzene rings is 1. The van der Waals surface area contributed by atoms with Crippen molar-refractivity contribution in [3.63, 3.8) is 0 Å². The van der Waals surface area contributed by atoms with Gasteiger partial charge in [0.15, 0.2) is 5.82 Å². The number of nitrogens with zero attached hydrogens (tertiary/aromatic N) is 3. The molecule has 0 aliphatic carbocycles. The molecule has 3 aromatic rings. The second-order valence-corrected chi connectivity index (χ2v) is 4.40. The fraction of sp³-hybridized carbons (Fsp3) is 0.133. The largest absolute Gasteiger partial charge is 0.505 e. The number of hydrogen-bond acceptors (Lipinski definition) is 6. The fourth-order valence-corrected chi connectivity index (χ4v) is 2.02. The monoisotopic (exact) mass is 283 g/mol. The average molecular weight is 283 g/mol. The van der Waals surface area contributed by atoms with Gasteiger partial charge in [0, 0.05) is 18.2 Å². The quantitative estimate of drug-likeness (QED) is 0.792. The highest BCUT2D eigenvalue weighted by atomic mass is 16.5. The Kier molecular flexibility index (Phi) is 3.51. The van der Waals surface area contributed by atoms with Gasteiger partial charge in [-0.3, -0.25) is 4.98 Å².